The van der Waals surface area contributed by atoms with Crippen LogP contribution in [0.2, 0.25) is 0 Å². The monoisotopic (exact) mass is 412 g/mol. The number of nitrogens with one attached hydrogen (secondary N) is 2. The van der Waals surface area contributed by atoms with E-state index in [2.05, 4.69) is 10.6 Å². The van der Waals surface area contributed by atoms with Crippen LogP contribution in [0.25, 0.3) is 0 Å². The van der Waals surface area contributed by atoms with Gasteiger partial charge in [-0.05, 0) is 81.3 Å². The van der Waals surface area contributed by atoms with E-state index in [1.165, 1.54) is 19.3 Å². The molecule has 1 atom stereocenters. The van der Waals surface area contributed by atoms with Gasteiger partial charge in [0.05, 0.1) is 0 Å². The Hall–Kier alpha value is -2.37. The van der Waals surface area contributed by atoms with Crippen LogP contribution >= 0.6 is 0 Å². The molecule has 162 valence electrons. The van der Waals surface area contributed by atoms with E-state index in [0.717, 1.165) is 30.4 Å². The second-order valence-electron chi connectivity index (χ2n) is 9.70. The molecule has 6 heteroatoms. The lowest BCUT2D eigenvalue weighted by Gasteiger charge is -2.55. The molecule has 0 radical (unpaired) electrons. The SMILES string of the molecule is Cc1ccccc1CNC(=O)COC(=O)[C@H](C)NC(=O)C12CC3CC(CC(C3)C1)C2. The van der Waals surface area contributed by atoms with Crippen molar-refractivity contribution in [2.24, 2.45) is 23.2 Å². The Bertz CT molecular complexity index is 799. The zero-order valence-corrected chi connectivity index (χ0v) is 17.9. The molecular weight excluding hydrogens is 380 g/mol. The van der Waals surface area contributed by atoms with E-state index in [4.69, 9.17) is 4.74 Å². The Morgan fingerprint density at radius 2 is 1.67 bits per heavy atom. The molecule has 4 fully saturated rings. The molecule has 0 spiro atoms. The van der Waals surface area contributed by atoms with Crippen LogP contribution in [0.3, 0.4) is 0 Å². The summed E-state index contributed by atoms with van der Waals surface area (Å²) < 4.78 is 5.14. The van der Waals surface area contributed by atoms with Crippen molar-refractivity contribution in [2.45, 2.75) is 65.0 Å². The second kappa shape index (κ2) is 8.40. The minimum Gasteiger partial charge on any atom is -0.454 e. The molecule has 2 amide bonds. The van der Waals surface area contributed by atoms with Crippen LogP contribution in [0.5, 0.6) is 0 Å². The molecule has 0 aromatic heterocycles. The first kappa shape index (κ1) is 20.9. The first-order chi connectivity index (χ1) is 14.3. The summed E-state index contributed by atoms with van der Waals surface area (Å²) in [6, 6.07) is 7.04. The van der Waals surface area contributed by atoms with E-state index in [9.17, 15) is 14.4 Å². The Morgan fingerprint density at radius 3 is 2.27 bits per heavy atom. The van der Waals surface area contributed by atoms with Gasteiger partial charge in [-0.3, -0.25) is 9.59 Å². The number of aryl methyl sites for hydroxylation is 1. The summed E-state index contributed by atoms with van der Waals surface area (Å²) in [5.74, 6) is 1.07. The number of hydrogen-bond acceptors (Lipinski definition) is 4. The molecule has 0 unspecified atom stereocenters. The molecule has 4 aliphatic rings. The van der Waals surface area contributed by atoms with Crippen molar-refractivity contribution in [3.8, 4) is 0 Å². The van der Waals surface area contributed by atoms with Crippen LogP contribution in [0.4, 0.5) is 0 Å². The van der Waals surface area contributed by atoms with Crippen molar-refractivity contribution in [3.63, 3.8) is 0 Å². The van der Waals surface area contributed by atoms with Gasteiger partial charge in [0.1, 0.15) is 6.04 Å². The highest BCUT2D eigenvalue weighted by Crippen LogP contribution is 2.60. The lowest BCUT2D eigenvalue weighted by atomic mass is 9.49. The first-order valence-corrected chi connectivity index (χ1v) is 11.1. The van der Waals surface area contributed by atoms with Crippen LogP contribution in [-0.2, 0) is 25.7 Å². The van der Waals surface area contributed by atoms with Crippen LogP contribution in [0, 0.1) is 30.1 Å². The highest BCUT2D eigenvalue weighted by molar-refractivity contribution is 5.89. The van der Waals surface area contributed by atoms with Crippen LogP contribution < -0.4 is 10.6 Å². The minimum atomic E-state index is -0.755. The van der Waals surface area contributed by atoms with Gasteiger partial charge < -0.3 is 15.4 Å². The molecule has 0 aliphatic heterocycles. The number of carbonyl (C=O) groups excluding carboxylic acids is 3. The summed E-state index contributed by atoms with van der Waals surface area (Å²) in [4.78, 5) is 37.4. The van der Waals surface area contributed by atoms with E-state index in [1.54, 1.807) is 6.92 Å². The number of amides is 2. The van der Waals surface area contributed by atoms with Gasteiger partial charge in [0.25, 0.3) is 5.91 Å². The number of ether oxygens (including phenoxy) is 1. The van der Waals surface area contributed by atoms with Gasteiger partial charge in [-0.15, -0.1) is 0 Å². The average Bonchev–Trinajstić information content (AvgIpc) is 2.70. The zero-order chi connectivity index (χ0) is 21.3. The maximum absolute atomic E-state index is 13.0. The molecule has 30 heavy (non-hydrogen) atoms. The van der Waals surface area contributed by atoms with E-state index in [-0.39, 0.29) is 23.8 Å². The third kappa shape index (κ3) is 4.37. The molecule has 4 bridgehead atoms. The standard InChI is InChI=1S/C24H32N2O4/c1-15-5-3-4-6-20(15)13-25-21(27)14-30-22(28)16(2)26-23(29)24-10-17-7-18(11-24)9-19(8-17)12-24/h3-6,16-19H,7-14H2,1-2H3,(H,25,27)(H,26,29)/t16-,17?,18?,19?,24?/m0/s1. The normalized spacial score (nSPS) is 29.9. The summed E-state index contributed by atoms with van der Waals surface area (Å²) in [7, 11) is 0. The highest BCUT2D eigenvalue weighted by Gasteiger charge is 2.54. The van der Waals surface area contributed by atoms with Gasteiger partial charge in [-0.25, -0.2) is 4.79 Å². The predicted octanol–water partition coefficient (Wildman–Crippen LogP) is 2.88. The third-order valence-corrected chi connectivity index (χ3v) is 7.30. The van der Waals surface area contributed by atoms with Gasteiger partial charge >= 0.3 is 5.97 Å². The summed E-state index contributed by atoms with van der Waals surface area (Å²) in [6.45, 7) is 3.66. The van der Waals surface area contributed by atoms with E-state index >= 15 is 0 Å². The summed E-state index contributed by atoms with van der Waals surface area (Å²) in [5, 5.41) is 5.64. The Balaban J connectivity index is 1.23. The molecule has 4 saturated carbocycles. The predicted molar refractivity (Wildman–Crippen MR) is 112 cm³/mol. The quantitative estimate of drug-likeness (QED) is 0.675. The van der Waals surface area contributed by atoms with E-state index < -0.39 is 12.0 Å². The van der Waals surface area contributed by atoms with Crippen LogP contribution in [0.1, 0.15) is 56.6 Å². The van der Waals surface area contributed by atoms with Gasteiger partial charge in [0.15, 0.2) is 6.61 Å². The minimum absolute atomic E-state index is 0.00458. The fraction of sp³-hybridized carbons (Fsp3) is 0.625. The molecule has 0 heterocycles. The number of benzene rings is 1. The largest absolute Gasteiger partial charge is 0.454 e. The van der Waals surface area contributed by atoms with Gasteiger partial charge in [0.2, 0.25) is 5.91 Å². The van der Waals surface area contributed by atoms with Gasteiger partial charge in [-0.2, -0.15) is 0 Å². The Kier molecular flexibility index (Phi) is 5.85. The lowest BCUT2D eigenvalue weighted by Crippen LogP contribution is -2.56. The highest BCUT2D eigenvalue weighted by atomic mass is 16.5. The number of hydrogen-bond donors (Lipinski definition) is 2. The van der Waals surface area contributed by atoms with E-state index in [1.807, 2.05) is 31.2 Å². The second-order valence-corrected chi connectivity index (χ2v) is 9.70. The molecule has 6 nitrogen and oxygen atoms in total. The van der Waals surface area contributed by atoms with Crippen molar-refractivity contribution in [2.75, 3.05) is 6.61 Å². The van der Waals surface area contributed by atoms with Crippen LogP contribution in [0.15, 0.2) is 24.3 Å². The number of esters is 1. The first-order valence-electron chi connectivity index (χ1n) is 11.1. The molecule has 5 rings (SSSR count). The summed E-state index contributed by atoms with van der Waals surface area (Å²) in [6.07, 6.45) is 6.65. The fourth-order valence-corrected chi connectivity index (χ4v) is 6.11. The van der Waals surface area contributed by atoms with Crippen molar-refractivity contribution in [1.29, 1.82) is 0 Å². The lowest BCUT2D eigenvalue weighted by molar-refractivity contribution is -0.155. The third-order valence-electron chi connectivity index (χ3n) is 7.30. The molecular formula is C24H32N2O4. The fourth-order valence-electron chi connectivity index (χ4n) is 6.11. The molecule has 0 saturated heterocycles. The maximum atomic E-state index is 13.0. The topological polar surface area (TPSA) is 84.5 Å². The molecule has 2 N–H and O–H groups in total. The van der Waals surface area contributed by atoms with Crippen molar-refractivity contribution >= 4 is 17.8 Å². The number of rotatable bonds is 7. The van der Waals surface area contributed by atoms with Gasteiger partial charge in [0, 0.05) is 12.0 Å². The Morgan fingerprint density at radius 1 is 1.07 bits per heavy atom. The number of carbonyl (C=O) groups is 3. The molecule has 4 aliphatic carbocycles. The average molecular weight is 413 g/mol. The van der Waals surface area contributed by atoms with E-state index in [0.29, 0.717) is 24.3 Å². The van der Waals surface area contributed by atoms with Crippen LogP contribution in [-0.4, -0.2) is 30.4 Å². The van der Waals surface area contributed by atoms with Crippen molar-refractivity contribution in [3.05, 3.63) is 35.4 Å². The Labute approximate surface area is 178 Å². The van der Waals surface area contributed by atoms with Crippen molar-refractivity contribution in [1.82, 2.24) is 10.6 Å². The summed E-state index contributed by atoms with van der Waals surface area (Å²) in [5.41, 5.74) is 1.82. The molecule has 1 aromatic rings. The zero-order valence-electron chi connectivity index (χ0n) is 17.9. The molecule has 1 aromatic carbocycles. The summed E-state index contributed by atoms with van der Waals surface area (Å²) >= 11 is 0. The maximum Gasteiger partial charge on any atom is 0.328 e. The smallest absolute Gasteiger partial charge is 0.328 e. The van der Waals surface area contributed by atoms with Gasteiger partial charge in [-0.1, -0.05) is 24.3 Å². The van der Waals surface area contributed by atoms with Crippen molar-refractivity contribution < 1.29 is 19.1 Å².